The van der Waals surface area contributed by atoms with Gasteiger partial charge in [-0.15, -0.1) is 0 Å². The predicted octanol–water partition coefficient (Wildman–Crippen LogP) is -0.223. The van der Waals surface area contributed by atoms with Gasteiger partial charge in [0.2, 0.25) is 10.0 Å². The molecule has 2 heterocycles. The molecule has 2 rings (SSSR count). The molecule has 3 N–H and O–H groups in total. The number of methoxy groups -OCH3 is 1. The Labute approximate surface area is 106 Å². The summed E-state index contributed by atoms with van der Waals surface area (Å²) >= 11 is 0. The van der Waals surface area contributed by atoms with E-state index in [1.165, 1.54) is 22.8 Å². The number of aromatic nitrogens is 1. The molecule has 0 saturated carbocycles. The van der Waals surface area contributed by atoms with Crippen molar-refractivity contribution in [3.8, 4) is 0 Å². The van der Waals surface area contributed by atoms with E-state index in [0.717, 1.165) is 0 Å². The molecule has 8 heteroatoms. The lowest BCUT2D eigenvalue weighted by atomic mass is 10.3. The van der Waals surface area contributed by atoms with Gasteiger partial charge in [-0.25, -0.2) is 8.42 Å². The lowest BCUT2D eigenvalue weighted by Gasteiger charge is -2.17. The average molecular weight is 272 g/mol. The fourth-order valence-corrected chi connectivity index (χ4v) is 3.54. The summed E-state index contributed by atoms with van der Waals surface area (Å²) in [5.41, 5.74) is 2.71. The van der Waals surface area contributed by atoms with Gasteiger partial charge in [0, 0.05) is 32.6 Å². The molecule has 0 radical (unpaired) electrons. The summed E-state index contributed by atoms with van der Waals surface area (Å²) in [6.45, 7) is 0.803. The van der Waals surface area contributed by atoms with Crippen molar-refractivity contribution in [3.05, 3.63) is 18.5 Å². The van der Waals surface area contributed by atoms with E-state index in [4.69, 9.17) is 10.6 Å². The molecule has 1 aromatic rings. The molecule has 0 aromatic carbocycles. The van der Waals surface area contributed by atoms with Crippen LogP contribution in [-0.4, -0.2) is 44.0 Å². The maximum Gasteiger partial charge on any atom is 0.246 e. The smallest absolute Gasteiger partial charge is 0.246 e. The lowest BCUT2D eigenvalue weighted by Crippen LogP contribution is -2.31. The molecule has 1 saturated heterocycles. The molecule has 1 aliphatic rings. The number of hydrogen-bond acceptors (Lipinski definition) is 6. The van der Waals surface area contributed by atoms with Gasteiger partial charge < -0.3 is 10.2 Å². The monoisotopic (exact) mass is 272 g/mol. The highest BCUT2D eigenvalue weighted by Crippen LogP contribution is 2.26. The third-order valence-electron chi connectivity index (χ3n) is 3.00. The molecule has 7 nitrogen and oxygen atoms in total. The largest absolute Gasteiger partial charge is 0.380 e. The van der Waals surface area contributed by atoms with Crippen LogP contribution in [0.1, 0.15) is 6.42 Å². The van der Waals surface area contributed by atoms with Crippen LogP contribution in [0.4, 0.5) is 5.69 Å². The Morgan fingerprint density at radius 3 is 3.00 bits per heavy atom. The molecule has 100 valence electrons. The number of nitrogen functional groups attached to an aromatic ring is 1. The summed E-state index contributed by atoms with van der Waals surface area (Å²) in [5, 5.41) is 0. The second-order valence-corrected chi connectivity index (χ2v) is 5.93. The van der Waals surface area contributed by atoms with Crippen molar-refractivity contribution in [3.63, 3.8) is 0 Å². The van der Waals surface area contributed by atoms with Crippen LogP contribution < -0.4 is 11.3 Å². The van der Waals surface area contributed by atoms with Crippen LogP contribution >= 0.6 is 0 Å². The Bertz CT molecular complexity index is 520. The second kappa shape index (κ2) is 5.19. The number of hydrazine groups is 1. The SMILES string of the molecule is COC1CCN(S(=O)(=O)c2cnccc2NN)C1. The van der Waals surface area contributed by atoms with E-state index in [9.17, 15) is 8.42 Å². The van der Waals surface area contributed by atoms with Crippen LogP contribution in [0, 0.1) is 0 Å². The van der Waals surface area contributed by atoms with Crippen molar-refractivity contribution in [1.82, 2.24) is 9.29 Å². The molecule has 1 aliphatic heterocycles. The van der Waals surface area contributed by atoms with Crippen molar-refractivity contribution in [2.75, 3.05) is 25.6 Å². The third-order valence-corrected chi connectivity index (χ3v) is 4.89. The number of nitrogens with one attached hydrogen (secondary N) is 1. The minimum absolute atomic E-state index is 0.0502. The molecule has 0 aliphatic carbocycles. The number of hydrogen-bond donors (Lipinski definition) is 2. The number of ether oxygens (including phenoxy) is 1. The highest BCUT2D eigenvalue weighted by Gasteiger charge is 2.34. The fourth-order valence-electron chi connectivity index (χ4n) is 1.95. The van der Waals surface area contributed by atoms with Gasteiger partial charge in [-0.2, -0.15) is 4.31 Å². The van der Waals surface area contributed by atoms with Gasteiger partial charge in [-0.1, -0.05) is 0 Å². The molecule has 0 spiro atoms. The minimum atomic E-state index is -3.58. The maximum absolute atomic E-state index is 12.4. The number of nitrogens with two attached hydrogens (primary N) is 1. The Balaban J connectivity index is 2.31. The molecule has 1 fully saturated rings. The number of sulfonamides is 1. The fraction of sp³-hybridized carbons (Fsp3) is 0.500. The van der Waals surface area contributed by atoms with Gasteiger partial charge in [-0.05, 0) is 12.5 Å². The maximum atomic E-state index is 12.4. The zero-order valence-electron chi connectivity index (χ0n) is 10.0. The summed E-state index contributed by atoms with van der Waals surface area (Å²) in [4.78, 5) is 3.92. The van der Waals surface area contributed by atoms with Crippen LogP contribution in [-0.2, 0) is 14.8 Å². The van der Waals surface area contributed by atoms with Gasteiger partial charge in [-0.3, -0.25) is 10.8 Å². The quantitative estimate of drug-likeness (QED) is 0.581. The standard InChI is InChI=1S/C10H16N4O3S/c1-17-8-3-5-14(7-8)18(15,16)10-6-12-4-2-9(10)13-11/h2,4,6,8H,3,5,7,11H2,1H3,(H,12,13). The van der Waals surface area contributed by atoms with Crippen LogP contribution in [0.5, 0.6) is 0 Å². The zero-order valence-corrected chi connectivity index (χ0v) is 10.9. The van der Waals surface area contributed by atoms with Gasteiger partial charge in [0.1, 0.15) is 4.90 Å². The van der Waals surface area contributed by atoms with Crippen molar-refractivity contribution in [1.29, 1.82) is 0 Å². The first-order chi connectivity index (χ1) is 8.59. The molecular weight excluding hydrogens is 256 g/mol. The highest BCUT2D eigenvalue weighted by molar-refractivity contribution is 7.89. The number of nitrogens with zero attached hydrogens (tertiary/aromatic N) is 2. The van der Waals surface area contributed by atoms with E-state index in [0.29, 0.717) is 25.2 Å². The Kier molecular flexibility index (Phi) is 3.81. The predicted molar refractivity (Wildman–Crippen MR) is 66.2 cm³/mol. The van der Waals surface area contributed by atoms with E-state index < -0.39 is 10.0 Å². The molecule has 18 heavy (non-hydrogen) atoms. The first-order valence-electron chi connectivity index (χ1n) is 5.53. The zero-order chi connectivity index (χ0) is 13.2. The molecule has 1 unspecified atom stereocenters. The van der Waals surface area contributed by atoms with E-state index in [1.54, 1.807) is 7.11 Å². The number of rotatable bonds is 4. The summed E-state index contributed by atoms with van der Waals surface area (Å²) < 4.78 is 31.4. The second-order valence-electron chi connectivity index (χ2n) is 4.03. The molecule has 0 bridgehead atoms. The molecule has 1 atom stereocenters. The average Bonchev–Trinajstić information content (AvgIpc) is 2.88. The topological polar surface area (TPSA) is 97.5 Å². The van der Waals surface area contributed by atoms with Gasteiger partial charge in [0.15, 0.2) is 0 Å². The van der Waals surface area contributed by atoms with Crippen LogP contribution in [0.15, 0.2) is 23.4 Å². The Hall–Kier alpha value is -1.22. The first-order valence-corrected chi connectivity index (χ1v) is 6.97. The lowest BCUT2D eigenvalue weighted by molar-refractivity contribution is 0.115. The van der Waals surface area contributed by atoms with Gasteiger partial charge >= 0.3 is 0 Å². The Morgan fingerprint density at radius 2 is 2.39 bits per heavy atom. The van der Waals surface area contributed by atoms with Crippen molar-refractivity contribution in [2.24, 2.45) is 5.84 Å². The van der Waals surface area contributed by atoms with Crippen molar-refractivity contribution >= 4 is 15.7 Å². The van der Waals surface area contributed by atoms with Crippen LogP contribution in [0.3, 0.4) is 0 Å². The molecule has 0 amide bonds. The van der Waals surface area contributed by atoms with E-state index in [-0.39, 0.29) is 11.0 Å². The molecule has 1 aromatic heterocycles. The van der Waals surface area contributed by atoms with Crippen molar-refractivity contribution in [2.45, 2.75) is 17.4 Å². The summed E-state index contributed by atoms with van der Waals surface area (Å²) in [7, 11) is -2.00. The number of anilines is 1. The molecular formula is C10H16N4O3S. The first kappa shape index (κ1) is 13.2. The summed E-state index contributed by atoms with van der Waals surface area (Å²) in [6.07, 6.45) is 3.42. The van der Waals surface area contributed by atoms with Crippen molar-refractivity contribution < 1.29 is 13.2 Å². The summed E-state index contributed by atoms with van der Waals surface area (Å²) in [5.74, 6) is 5.31. The normalized spacial score (nSPS) is 21.1. The van der Waals surface area contributed by atoms with Gasteiger partial charge in [0.05, 0.1) is 11.8 Å². The van der Waals surface area contributed by atoms with E-state index in [1.807, 2.05) is 0 Å². The van der Waals surface area contributed by atoms with E-state index >= 15 is 0 Å². The van der Waals surface area contributed by atoms with Crippen LogP contribution in [0.25, 0.3) is 0 Å². The van der Waals surface area contributed by atoms with Crippen LogP contribution in [0.2, 0.25) is 0 Å². The Morgan fingerprint density at radius 1 is 1.61 bits per heavy atom. The highest BCUT2D eigenvalue weighted by atomic mass is 32.2. The van der Waals surface area contributed by atoms with E-state index in [2.05, 4.69) is 10.4 Å². The minimum Gasteiger partial charge on any atom is -0.380 e. The number of pyridine rings is 1. The third kappa shape index (κ3) is 2.32. The summed E-state index contributed by atoms with van der Waals surface area (Å²) in [6, 6.07) is 1.52. The van der Waals surface area contributed by atoms with Gasteiger partial charge in [0.25, 0.3) is 0 Å².